The van der Waals surface area contributed by atoms with Gasteiger partial charge in [-0.1, -0.05) is 23.9 Å². The summed E-state index contributed by atoms with van der Waals surface area (Å²) in [5, 5.41) is 19.1. The molecule has 0 fully saturated rings. The number of rotatable bonds is 3. The molecule has 1 rings (SSSR count). The molecule has 0 unspecified atom stereocenters. The Kier molecular flexibility index (Phi) is 4.43. The van der Waals surface area contributed by atoms with Crippen molar-refractivity contribution in [3.8, 4) is 11.5 Å². The smallest absolute Gasteiger partial charge is 0.186 e. The number of phenolic OH excluding ortho intramolecular Hbond substituents is 2. The molecule has 86 valence electrons. The Hall–Kier alpha value is -1.42. The van der Waals surface area contributed by atoms with E-state index in [-0.39, 0.29) is 16.6 Å². The molecule has 0 radical (unpaired) electrons. The Morgan fingerprint density at radius 2 is 2.12 bits per heavy atom. The Morgan fingerprint density at radius 3 is 2.75 bits per heavy atom. The minimum absolute atomic E-state index is 0.0655. The summed E-state index contributed by atoms with van der Waals surface area (Å²) in [4.78, 5) is 10.7. The van der Waals surface area contributed by atoms with Gasteiger partial charge in [0.25, 0.3) is 0 Å². The van der Waals surface area contributed by atoms with Crippen LogP contribution >= 0.6 is 11.8 Å². The number of phenols is 2. The van der Waals surface area contributed by atoms with E-state index in [0.29, 0.717) is 16.9 Å². The van der Waals surface area contributed by atoms with Crippen LogP contribution < -0.4 is 0 Å². The molecule has 0 aliphatic heterocycles. The van der Waals surface area contributed by atoms with E-state index >= 15 is 0 Å². The van der Waals surface area contributed by atoms with Gasteiger partial charge in [0.1, 0.15) is 11.5 Å². The molecule has 0 amide bonds. The summed E-state index contributed by atoms with van der Waals surface area (Å²) < 4.78 is 0. The molecule has 0 atom stereocenters. The van der Waals surface area contributed by atoms with Gasteiger partial charge in [0.15, 0.2) is 5.12 Å². The number of carbonyl (C=O) groups excluding carboxylic acids is 1. The van der Waals surface area contributed by atoms with E-state index in [9.17, 15) is 15.0 Å². The van der Waals surface area contributed by atoms with Crippen LogP contribution in [-0.4, -0.2) is 21.1 Å². The van der Waals surface area contributed by atoms with E-state index in [4.69, 9.17) is 0 Å². The van der Waals surface area contributed by atoms with Crippen LogP contribution in [0.5, 0.6) is 11.5 Å². The number of aromatic hydroxyl groups is 2. The number of thioether (sulfide) groups is 1. The van der Waals surface area contributed by atoms with Crippen molar-refractivity contribution in [3.63, 3.8) is 0 Å². The maximum Gasteiger partial charge on any atom is 0.186 e. The molecular weight excluding hydrogens is 224 g/mol. The van der Waals surface area contributed by atoms with Crippen LogP contribution in [-0.2, 0) is 4.79 Å². The molecule has 2 N–H and O–H groups in total. The van der Waals surface area contributed by atoms with Crippen LogP contribution in [0.15, 0.2) is 18.2 Å². The summed E-state index contributed by atoms with van der Waals surface area (Å²) in [5.74, 6) is 0.728. The van der Waals surface area contributed by atoms with Crippen molar-refractivity contribution < 1.29 is 15.0 Å². The second-order valence-corrected chi connectivity index (χ2v) is 4.55. The molecule has 0 heterocycles. The third-order valence-electron chi connectivity index (χ3n) is 2.11. The number of benzene rings is 1. The van der Waals surface area contributed by atoms with Gasteiger partial charge in [-0.3, -0.25) is 4.79 Å². The number of hydrogen-bond donors (Lipinski definition) is 2. The molecule has 3 nitrogen and oxygen atoms in total. The van der Waals surface area contributed by atoms with Gasteiger partial charge < -0.3 is 10.2 Å². The molecule has 0 saturated carbocycles. The molecule has 1 aromatic rings. The first-order chi connectivity index (χ1) is 7.52. The standard InChI is InChI=1S/C12H14O3S/c1-8-11(14)6-5-10(12(8)15)4-3-7-16-9(2)13/h3-6,14-15H,7H2,1-2H3. The topological polar surface area (TPSA) is 57.5 Å². The number of carbonyl (C=O) groups is 1. The predicted octanol–water partition coefficient (Wildman–Crippen LogP) is 2.70. The third kappa shape index (κ3) is 3.31. The highest BCUT2D eigenvalue weighted by atomic mass is 32.2. The molecule has 0 aliphatic carbocycles. The van der Waals surface area contributed by atoms with Crippen molar-refractivity contribution in [2.24, 2.45) is 0 Å². The second kappa shape index (κ2) is 5.61. The van der Waals surface area contributed by atoms with Gasteiger partial charge in [0.05, 0.1) is 0 Å². The van der Waals surface area contributed by atoms with Gasteiger partial charge in [0.2, 0.25) is 0 Å². The summed E-state index contributed by atoms with van der Waals surface area (Å²) in [6.07, 6.45) is 3.54. The normalized spacial score (nSPS) is 10.9. The van der Waals surface area contributed by atoms with Crippen molar-refractivity contribution in [1.82, 2.24) is 0 Å². The third-order valence-corrected chi connectivity index (χ3v) is 2.88. The van der Waals surface area contributed by atoms with E-state index in [1.54, 1.807) is 25.1 Å². The highest BCUT2D eigenvalue weighted by molar-refractivity contribution is 8.13. The van der Waals surface area contributed by atoms with Crippen molar-refractivity contribution in [2.45, 2.75) is 13.8 Å². The zero-order valence-corrected chi connectivity index (χ0v) is 10.0. The lowest BCUT2D eigenvalue weighted by Crippen LogP contribution is -1.83. The fourth-order valence-corrected chi connectivity index (χ4v) is 1.61. The Morgan fingerprint density at radius 1 is 1.44 bits per heavy atom. The second-order valence-electron chi connectivity index (χ2n) is 3.35. The Labute approximate surface area is 98.8 Å². The molecule has 0 saturated heterocycles. The van der Waals surface area contributed by atoms with Gasteiger partial charge in [-0.2, -0.15) is 0 Å². The molecule has 0 bridgehead atoms. The highest BCUT2D eigenvalue weighted by Gasteiger charge is 2.05. The van der Waals surface area contributed by atoms with Crippen LogP contribution in [0.4, 0.5) is 0 Å². The van der Waals surface area contributed by atoms with Crippen molar-refractivity contribution in [3.05, 3.63) is 29.3 Å². The average Bonchev–Trinajstić information content (AvgIpc) is 2.23. The van der Waals surface area contributed by atoms with E-state index in [0.717, 1.165) is 0 Å². The van der Waals surface area contributed by atoms with Crippen LogP contribution in [0.2, 0.25) is 0 Å². The summed E-state index contributed by atoms with van der Waals surface area (Å²) in [7, 11) is 0. The Bertz CT molecular complexity index is 425. The first-order valence-corrected chi connectivity index (χ1v) is 5.82. The van der Waals surface area contributed by atoms with Crippen LogP contribution in [0.1, 0.15) is 18.1 Å². The Balaban J connectivity index is 2.74. The van der Waals surface area contributed by atoms with Crippen LogP contribution in [0.3, 0.4) is 0 Å². The minimum atomic E-state index is 0.0655. The van der Waals surface area contributed by atoms with E-state index in [1.165, 1.54) is 24.8 Å². The molecular formula is C12H14O3S. The largest absolute Gasteiger partial charge is 0.508 e. The van der Waals surface area contributed by atoms with E-state index in [1.807, 2.05) is 0 Å². The van der Waals surface area contributed by atoms with Gasteiger partial charge in [-0.15, -0.1) is 0 Å². The maximum atomic E-state index is 10.7. The zero-order chi connectivity index (χ0) is 12.1. The lowest BCUT2D eigenvalue weighted by Gasteiger charge is -2.04. The van der Waals surface area contributed by atoms with Gasteiger partial charge in [-0.25, -0.2) is 0 Å². The fourth-order valence-electron chi connectivity index (χ4n) is 1.19. The van der Waals surface area contributed by atoms with Crippen molar-refractivity contribution in [1.29, 1.82) is 0 Å². The lowest BCUT2D eigenvalue weighted by molar-refractivity contribution is -0.109. The first kappa shape index (κ1) is 12.6. The van der Waals surface area contributed by atoms with Gasteiger partial charge in [-0.05, 0) is 19.1 Å². The van der Waals surface area contributed by atoms with Gasteiger partial charge in [0, 0.05) is 23.8 Å². The maximum absolute atomic E-state index is 10.7. The summed E-state index contributed by atoms with van der Waals surface area (Å²) in [6.45, 7) is 3.16. The van der Waals surface area contributed by atoms with Crippen molar-refractivity contribution in [2.75, 3.05) is 5.75 Å². The van der Waals surface area contributed by atoms with Gasteiger partial charge >= 0.3 is 0 Å². The molecule has 1 aromatic carbocycles. The molecule has 4 heteroatoms. The highest BCUT2D eigenvalue weighted by Crippen LogP contribution is 2.30. The average molecular weight is 238 g/mol. The lowest BCUT2D eigenvalue weighted by atomic mass is 10.1. The molecule has 0 aliphatic rings. The summed E-state index contributed by atoms with van der Waals surface area (Å²) in [5.41, 5.74) is 1.10. The predicted molar refractivity (Wildman–Crippen MR) is 66.7 cm³/mol. The monoisotopic (exact) mass is 238 g/mol. The van der Waals surface area contributed by atoms with Crippen LogP contribution in [0.25, 0.3) is 6.08 Å². The summed E-state index contributed by atoms with van der Waals surface area (Å²) in [6, 6.07) is 3.17. The van der Waals surface area contributed by atoms with Crippen LogP contribution in [0, 0.1) is 6.92 Å². The van der Waals surface area contributed by atoms with E-state index < -0.39 is 0 Å². The SMILES string of the molecule is CC(=O)SCC=Cc1ccc(O)c(C)c1O. The molecule has 0 aromatic heterocycles. The molecule has 0 spiro atoms. The number of hydrogen-bond acceptors (Lipinski definition) is 4. The first-order valence-electron chi connectivity index (χ1n) is 4.84. The molecule has 16 heavy (non-hydrogen) atoms. The minimum Gasteiger partial charge on any atom is -0.508 e. The quantitative estimate of drug-likeness (QED) is 0.850. The summed E-state index contributed by atoms with van der Waals surface area (Å²) >= 11 is 1.21. The van der Waals surface area contributed by atoms with E-state index in [2.05, 4.69) is 0 Å². The fraction of sp³-hybridized carbons (Fsp3) is 0.250. The zero-order valence-electron chi connectivity index (χ0n) is 9.23. The van der Waals surface area contributed by atoms with Crippen molar-refractivity contribution >= 4 is 23.0 Å².